The summed E-state index contributed by atoms with van der Waals surface area (Å²) in [7, 11) is 1.92. The molecule has 1 fully saturated rings. The van der Waals surface area contributed by atoms with Gasteiger partial charge in [-0.1, -0.05) is 0 Å². The predicted octanol–water partition coefficient (Wildman–Crippen LogP) is 1.88. The first kappa shape index (κ1) is 14.6. The summed E-state index contributed by atoms with van der Waals surface area (Å²) in [6.45, 7) is 1.83. The molecule has 1 aliphatic heterocycles. The van der Waals surface area contributed by atoms with Gasteiger partial charge in [-0.05, 0) is 66.7 Å². The van der Waals surface area contributed by atoms with Crippen LogP contribution < -0.4 is 10.1 Å². The van der Waals surface area contributed by atoms with E-state index in [1.807, 2.05) is 36.2 Å². The van der Waals surface area contributed by atoms with Gasteiger partial charge in [0, 0.05) is 22.7 Å². The second-order valence-electron chi connectivity index (χ2n) is 4.68. The molecule has 19 heavy (non-hydrogen) atoms. The number of carbonyl (C=O) groups is 1. The van der Waals surface area contributed by atoms with Crippen LogP contribution in [0.3, 0.4) is 0 Å². The fraction of sp³-hybridized carbons (Fsp3) is 0.500. The standard InChI is InChI=1S/C14H19IN2O2/c1-16-9-12-3-2-8-17(12)14(18)10-19-13-6-4-11(15)5-7-13/h4-7,12,16H,2-3,8-10H2,1H3. The first-order valence-corrected chi connectivity index (χ1v) is 7.61. The highest BCUT2D eigenvalue weighted by molar-refractivity contribution is 14.1. The second kappa shape index (κ2) is 7.09. The number of likely N-dealkylation sites (tertiary alicyclic amines) is 1. The van der Waals surface area contributed by atoms with E-state index in [1.54, 1.807) is 0 Å². The lowest BCUT2D eigenvalue weighted by atomic mass is 10.2. The van der Waals surface area contributed by atoms with Gasteiger partial charge >= 0.3 is 0 Å². The van der Waals surface area contributed by atoms with Crippen LogP contribution in [0.5, 0.6) is 5.75 Å². The number of nitrogens with zero attached hydrogens (tertiary/aromatic N) is 1. The molecule has 1 atom stereocenters. The van der Waals surface area contributed by atoms with Crippen LogP contribution in [0.4, 0.5) is 0 Å². The van der Waals surface area contributed by atoms with Gasteiger partial charge in [-0.25, -0.2) is 0 Å². The van der Waals surface area contributed by atoms with Crippen LogP contribution in [0.15, 0.2) is 24.3 Å². The van der Waals surface area contributed by atoms with E-state index in [0.717, 1.165) is 35.3 Å². The molecule has 1 aliphatic rings. The van der Waals surface area contributed by atoms with Crippen molar-refractivity contribution in [2.75, 3.05) is 26.7 Å². The van der Waals surface area contributed by atoms with E-state index in [4.69, 9.17) is 4.74 Å². The van der Waals surface area contributed by atoms with Crippen LogP contribution in [0.25, 0.3) is 0 Å². The molecule has 5 heteroatoms. The number of ether oxygens (including phenoxy) is 1. The molecule has 0 radical (unpaired) electrons. The number of likely N-dealkylation sites (N-methyl/N-ethyl adjacent to an activating group) is 1. The number of nitrogens with one attached hydrogen (secondary N) is 1. The fourth-order valence-electron chi connectivity index (χ4n) is 2.37. The van der Waals surface area contributed by atoms with Crippen LogP contribution in [0.2, 0.25) is 0 Å². The van der Waals surface area contributed by atoms with Crippen LogP contribution >= 0.6 is 22.6 Å². The Morgan fingerprint density at radius 3 is 2.89 bits per heavy atom. The Labute approximate surface area is 127 Å². The van der Waals surface area contributed by atoms with Crippen molar-refractivity contribution < 1.29 is 9.53 Å². The minimum Gasteiger partial charge on any atom is -0.484 e. The molecule has 0 aromatic heterocycles. The molecule has 1 unspecified atom stereocenters. The van der Waals surface area contributed by atoms with Crippen molar-refractivity contribution in [1.82, 2.24) is 10.2 Å². The summed E-state index contributed by atoms with van der Waals surface area (Å²) in [5, 5.41) is 3.14. The zero-order valence-electron chi connectivity index (χ0n) is 11.1. The highest BCUT2D eigenvalue weighted by atomic mass is 127. The van der Waals surface area contributed by atoms with Gasteiger partial charge in [-0.3, -0.25) is 4.79 Å². The molecule has 0 saturated carbocycles. The molecular formula is C14H19IN2O2. The number of hydrogen-bond acceptors (Lipinski definition) is 3. The molecule has 1 aromatic rings. The summed E-state index contributed by atoms with van der Waals surface area (Å²) in [6, 6.07) is 8.05. The van der Waals surface area contributed by atoms with Gasteiger partial charge in [-0.2, -0.15) is 0 Å². The minimum absolute atomic E-state index is 0.0799. The molecule has 0 aliphatic carbocycles. The van der Waals surface area contributed by atoms with E-state index < -0.39 is 0 Å². The van der Waals surface area contributed by atoms with Gasteiger partial charge < -0.3 is 15.0 Å². The SMILES string of the molecule is CNCC1CCCN1C(=O)COc1ccc(I)cc1. The number of carbonyl (C=O) groups excluding carboxylic acids is 1. The van der Waals surface area contributed by atoms with Crippen molar-refractivity contribution in [3.8, 4) is 5.75 Å². The maximum Gasteiger partial charge on any atom is 0.260 e. The van der Waals surface area contributed by atoms with E-state index in [9.17, 15) is 4.79 Å². The maximum absolute atomic E-state index is 12.1. The topological polar surface area (TPSA) is 41.6 Å². The Morgan fingerprint density at radius 1 is 1.47 bits per heavy atom. The second-order valence-corrected chi connectivity index (χ2v) is 5.93. The largest absolute Gasteiger partial charge is 0.484 e. The Hall–Kier alpha value is -0.820. The van der Waals surface area contributed by atoms with Gasteiger partial charge in [0.2, 0.25) is 0 Å². The normalized spacial score (nSPS) is 18.6. The minimum atomic E-state index is 0.0799. The Balaban J connectivity index is 1.85. The fourth-order valence-corrected chi connectivity index (χ4v) is 2.73. The lowest BCUT2D eigenvalue weighted by Gasteiger charge is -2.24. The van der Waals surface area contributed by atoms with Crippen molar-refractivity contribution in [3.05, 3.63) is 27.8 Å². The molecular weight excluding hydrogens is 355 g/mol. The van der Waals surface area contributed by atoms with Crippen LogP contribution in [0.1, 0.15) is 12.8 Å². The molecule has 2 rings (SSSR count). The van der Waals surface area contributed by atoms with E-state index >= 15 is 0 Å². The highest BCUT2D eigenvalue weighted by Crippen LogP contribution is 2.18. The Kier molecular flexibility index (Phi) is 5.45. The summed E-state index contributed by atoms with van der Waals surface area (Å²) >= 11 is 2.24. The zero-order chi connectivity index (χ0) is 13.7. The number of hydrogen-bond donors (Lipinski definition) is 1. The molecule has 4 nitrogen and oxygen atoms in total. The van der Waals surface area contributed by atoms with Gasteiger partial charge in [0.05, 0.1) is 0 Å². The summed E-state index contributed by atoms with van der Waals surface area (Å²) in [6.07, 6.45) is 2.16. The summed E-state index contributed by atoms with van der Waals surface area (Å²) in [4.78, 5) is 14.1. The van der Waals surface area contributed by atoms with E-state index in [1.165, 1.54) is 0 Å². The lowest BCUT2D eigenvalue weighted by Crippen LogP contribution is -2.43. The van der Waals surface area contributed by atoms with Crippen molar-refractivity contribution in [3.63, 3.8) is 0 Å². The maximum atomic E-state index is 12.1. The van der Waals surface area contributed by atoms with E-state index in [2.05, 4.69) is 27.9 Å². The van der Waals surface area contributed by atoms with Crippen molar-refractivity contribution in [1.29, 1.82) is 0 Å². The zero-order valence-corrected chi connectivity index (χ0v) is 13.2. The lowest BCUT2D eigenvalue weighted by molar-refractivity contribution is -0.134. The van der Waals surface area contributed by atoms with Gasteiger partial charge in [0.25, 0.3) is 5.91 Å². The third-order valence-corrected chi connectivity index (χ3v) is 4.03. The summed E-state index contributed by atoms with van der Waals surface area (Å²) in [5.41, 5.74) is 0. The van der Waals surface area contributed by atoms with Gasteiger partial charge in [0.15, 0.2) is 6.61 Å². The van der Waals surface area contributed by atoms with Crippen LogP contribution in [-0.4, -0.2) is 43.6 Å². The van der Waals surface area contributed by atoms with Gasteiger partial charge in [-0.15, -0.1) is 0 Å². The molecule has 0 spiro atoms. The first-order valence-electron chi connectivity index (χ1n) is 6.53. The summed E-state index contributed by atoms with van der Waals surface area (Å²) in [5.74, 6) is 0.828. The third-order valence-electron chi connectivity index (χ3n) is 3.31. The van der Waals surface area contributed by atoms with Crippen molar-refractivity contribution >= 4 is 28.5 Å². The number of halogens is 1. The first-order chi connectivity index (χ1) is 9.20. The Morgan fingerprint density at radius 2 is 2.21 bits per heavy atom. The quantitative estimate of drug-likeness (QED) is 0.801. The van der Waals surface area contributed by atoms with Crippen LogP contribution in [0, 0.1) is 3.57 Å². The average Bonchev–Trinajstić information content (AvgIpc) is 2.86. The highest BCUT2D eigenvalue weighted by Gasteiger charge is 2.28. The smallest absolute Gasteiger partial charge is 0.260 e. The molecule has 1 aromatic carbocycles. The van der Waals surface area contributed by atoms with Gasteiger partial charge in [0.1, 0.15) is 5.75 Å². The van der Waals surface area contributed by atoms with E-state index in [0.29, 0.717) is 6.04 Å². The molecule has 104 valence electrons. The molecule has 1 N–H and O–H groups in total. The molecule has 1 heterocycles. The Bertz CT molecular complexity index is 422. The van der Waals surface area contributed by atoms with Crippen molar-refractivity contribution in [2.45, 2.75) is 18.9 Å². The number of benzene rings is 1. The predicted molar refractivity (Wildman–Crippen MR) is 83.3 cm³/mol. The monoisotopic (exact) mass is 374 g/mol. The molecule has 1 saturated heterocycles. The number of amides is 1. The number of rotatable bonds is 5. The molecule has 1 amide bonds. The van der Waals surface area contributed by atoms with Crippen LogP contribution in [-0.2, 0) is 4.79 Å². The molecule has 0 bridgehead atoms. The average molecular weight is 374 g/mol. The summed E-state index contributed by atoms with van der Waals surface area (Å²) < 4.78 is 6.70. The third kappa shape index (κ3) is 4.07. The van der Waals surface area contributed by atoms with Crippen molar-refractivity contribution in [2.24, 2.45) is 0 Å². The van der Waals surface area contributed by atoms with E-state index in [-0.39, 0.29) is 12.5 Å².